The van der Waals surface area contributed by atoms with Crippen molar-refractivity contribution in [3.63, 3.8) is 0 Å². The maximum atomic E-state index is 13.2. The van der Waals surface area contributed by atoms with Crippen LogP contribution in [0, 0.1) is 13.8 Å². The van der Waals surface area contributed by atoms with E-state index in [-0.39, 0.29) is 48.3 Å². The molecule has 4 aliphatic rings. The number of fused-ring (bicyclic) bond motifs is 2. The van der Waals surface area contributed by atoms with Gasteiger partial charge in [-0.2, -0.15) is 0 Å². The zero-order valence-corrected chi connectivity index (χ0v) is 35.6. The van der Waals surface area contributed by atoms with Crippen LogP contribution >= 0.6 is 0 Å². The smallest absolute Gasteiger partial charge is 0.266 e. The standard InChI is InChI=1S/C44H51N9O11/c1-27-38(28(2)64-51-27)29-8-10-30(11-9-29)40-41(52-17-16-45-24-34(52)49-40)48-25-36(55)46-14-4-18-60-20-22-62-23-21-61-19-5-15-47-37(56)26-63-33-7-3-6-31-39(33)44(59)53(43(31)58)32-12-13-35(54)50-42(32)57/h3,6-11,16-17,24,32,34,48-49H,4-5,12-15,18-23,25-26H2,1-2H3,(H,46,55)(H,47,56)(H,50,54,57). The van der Waals surface area contributed by atoms with Crippen molar-refractivity contribution in [3.05, 3.63) is 88.8 Å². The summed E-state index contributed by atoms with van der Waals surface area (Å²) in [6.45, 7) is 6.66. The van der Waals surface area contributed by atoms with E-state index in [0.29, 0.717) is 65.6 Å². The highest BCUT2D eigenvalue weighted by molar-refractivity contribution is 6.24. The first kappa shape index (κ1) is 45.1. The van der Waals surface area contributed by atoms with Gasteiger partial charge >= 0.3 is 0 Å². The molecule has 4 aliphatic heterocycles. The number of benzene rings is 2. The molecule has 2 aromatic carbocycles. The topological polar surface area (TPSA) is 244 Å². The van der Waals surface area contributed by atoms with E-state index in [1.54, 1.807) is 12.4 Å². The second kappa shape index (κ2) is 21.5. The number of hydrogen-bond donors (Lipinski definition) is 5. The lowest BCUT2D eigenvalue weighted by atomic mass is 10.0. The number of aryl methyl sites for hydroxylation is 2. The van der Waals surface area contributed by atoms with Gasteiger partial charge in [-0.05, 0) is 50.8 Å². The van der Waals surface area contributed by atoms with Crippen LogP contribution in [0.25, 0.3) is 16.8 Å². The molecule has 64 heavy (non-hydrogen) atoms. The summed E-state index contributed by atoms with van der Waals surface area (Å²) >= 11 is 0. The minimum atomic E-state index is -1.10. The molecule has 3 aromatic rings. The number of ether oxygens (including phenoxy) is 4. The van der Waals surface area contributed by atoms with Crippen molar-refractivity contribution >= 4 is 47.4 Å². The van der Waals surface area contributed by atoms with E-state index in [0.717, 1.165) is 44.6 Å². The molecule has 6 amide bonds. The number of amides is 6. The van der Waals surface area contributed by atoms with Crippen molar-refractivity contribution in [1.82, 2.24) is 41.5 Å². The number of aromatic nitrogens is 1. The van der Waals surface area contributed by atoms with E-state index < -0.39 is 42.2 Å². The van der Waals surface area contributed by atoms with E-state index in [4.69, 9.17) is 23.5 Å². The number of nitrogens with one attached hydrogen (secondary N) is 5. The first-order chi connectivity index (χ1) is 31.1. The number of nitrogens with zero attached hydrogens (tertiary/aromatic N) is 4. The molecule has 20 heteroatoms. The molecular weight excluding hydrogens is 831 g/mol. The molecule has 1 saturated heterocycles. The van der Waals surface area contributed by atoms with E-state index in [9.17, 15) is 28.8 Å². The maximum Gasteiger partial charge on any atom is 0.266 e. The Kier molecular flexibility index (Phi) is 15.1. The van der Waals surface area contributed by atoms with Gasteiger partial charge in [0, 0.05) is 62.5 Å². The molecule has 20 nitrogen and oxygen atoms in total. The molecule has 0 aliphatic carbocycles. The summed E-state index contributed by atoms with van der Waals surface area (Å²) in [5, 5.41) is 18.7. The highest BCUT2D eigenvalue weighted by atomic mass is 16.5. The number of hydrogen-bond acceptors (Lipinski definition) is 16. The summed E-state index contributed by atoms with van der Waals surface area (Å²) in [6, 6.07) is 11.5. The first-order valence-corrected chi connectivity index (χ1v) is 21.1. The molecule has 1 aromatic heterocycles. The second-order valence-corrected chi connectivity index (χ2v) is 15.1. The molecule has 5 heterocycles. The molecule has 0 saturated carbocycles. The van der Waals surface area contributed by atoms with Crippen molar-refractivity contribution in [1.29, 1.82) is 0 Å². The maximum absolute atomic E-state index is 13.2. The number of carbonyl (C=O) groups excluding carboxylic acids is 6. The lowest BCUT2D eigenvalue weighted by Gasteiger charge is -2.27. The Labute approximate surface area is 368 Å². The van der Waals surface area contributed by atoms with Crippen molar-refractivity contribution < 1.29 is 52.2 Å². The van der Waals surface area contributed by atoms with Crippen LogP contribution < -0.4 is 31.3 Å². The van der Waals surface area contributed by atoms with Crippen LogP contribution in [0.3, 0.4) is 0 Å². The van der Waals surface area contributed by atoms with Gasteiger partial charge in [0.05, 0.1) is 55.5 Å². The average molecular weight is 882 g/mol. The van der Waals surface area contributed by atoms with Gasteiger partial charge in [0.15, 0.2) is 6.61 Å². The van der Waals surface area contributed by atoms with Crippen molar-refractivity contribution in [2.45, 2.75) is 51.7 Å². The highest BCUT2D eigenvalue weighted by Gasteiger charge is 2.46. The van der Waals surface area contributed by atoms with Gasteiger partial charge in [-0.15, -0.1) is 0 Å². The fourth-order valence-electron chi connectivity index (χ4n) is 7.54. The highest BCUT2D eigenvalue weighted by Crippen LogP contribution is 2.34. The number of aliphatic imine (C=N–C) groups is 1. The van der Waals surface area contributed by atoms with Gasteiger partial charge in [0.1, 0.15) is 29.5 Å². The zero-order valence-electron chi connectivity index (χ0n) is 35.6. The van der Waals surface area contributed by atoms with E-state index in [2.05, 4.69) is 36.7 Å². The van der Waals surface area contributed by atoms with Crippen molar-refractivity contribution in [2.24, 2.45) is 4.99 Å². The SMILES string of the molecule is Cc1noc(C)c1-c1ccc(C2=C(NCC(=O)NCCCOCCOCCOCCCNC(=O)COc3cccc4c3C(=O)N(C3CCC(=O)NC3=O)C4=O)N3C=CN=CC3N2)cc1. The molecule has 0 bridgehead atoms. The fraction of sp³-hybridized carbons (Fsp3) is 0.409. The molecule has 5 N–H and O–H groups in total. The molecule has 0 radical (unpaired) electrons. The Hall–Kier alpha value is -6.90. The third-order valence-electron chi connectivity index (χ3n) is 10.6. The summed E-state index contributed by atoms with van der Waals surface area (Å²) in [6.07, 6.45) is 6.41. The van der Waals surface area contributed by atoms with Crippen molar-refractivity contribution in [3.8, 4) is 16.9 Å². The van der Waals surface area contributed by atoms with Crippen molar-refractivity contribution in [2.75, 3.05) is 65.9 Å². The molecular formula is C44H51N9O11. The number of rotatable bonds is 23. The zero-order chi connectivity index (χ0) is 45.0. The second-order valence-electron chi connectivity index (χ2n) is 15.1. The Bertz CT molecular complexity index is 2300. The van der Waals surface area contributed by atoms with E-state index in [1.165, 1.54) is 18.2 Å². The van der Waals surface area contributed by atoms with Gasteiger partial charge in [0.25, 0.3) is 17.7 Å². The number of carbonyl (C=O) groups is 6. The summed E-state index contributed by atoms with van der Waals surface area (Å²) < 4.78 is 27.7. The molecule has 0 spiro atoms. The van der Waals surface area contributed by atoms with Crippen LogP contribution in [0.5, 0.6) is 5.75 Å². The molecule has 1 fully saturated rings. The van der Waals surface area contributed by atoms with Gasteiger partial charge in [-0.1, -0.05) is 35.5 Å². The van der Waals surface area contributed by atoms with E-state index >= 15 is 0 Å². The lowest BCUT2D eigenvalue weighted by Crippen LogP contribution is -2.54. The Morgan fingerprint density at radius 3 is 2.22 bits per heavy atom. The van der Waals surface area contributed by atoms with Crippen LogP contribution in [-0.4, -0.2) is 135 Å². The number of piperidine rings is 1. The van der Waals surface area contributed by atoms with Gasteiger partial charge in [-0.3, -0.25) is 44.0 Å². The summed E-state index contributed by atoms with van der Waals surface area (Å²) in [4.78, 5) is 82.3. The molecule has 2 unspecified atom stereocenters. The molecule has 338 valence electrons. The van der Waals surface area contributed by atoms with Gasteiger partial charge in [-0.25, -0.2) is 0 Å². The van der Waals surface area contributed by atoms with Crippen LogP contribution in [0.1, 0.15) is 63.4 Å². The lowest BCUT2D eigenvalue weighted by molar-refractivity contribution is -0.136. The Morgan fingerprint density at radius 2 is 1.53 bits per heavy atom. The average Bonchev–Trinajstić information content (AvgIpc) is 3.92. The van der Waals surface area contributed by atoms with E-state index in [1.807, 2.05) is 49.2 Å². The number of imide groups is 2. The van der Waals surface area contributed by atoms with Gasteiger partial charge < -0.3 is 49.6 Å². The minimum absolute atomic E-state index is 0.00811. The van der Waals surface area contributed by atoms with Crippen LogP contribution in [0.15, 0.2) is 70.2 Å². The molecule has 7 rings (SSSR count). The minimum Gasteiger partial charge on any atom is -0.483 e. The summed E-state index contributed by atoms with van der Waals surface area (Å²) in [5.41, 5.74) is 4.67. The van der Waals surface area contributed by atoms with Crippen LogP contribution in [-0.2, 0) is 33.4 Å². The quantitative estimate of drug-likeness (QED) is 0.0670. The Balaban J connectivity index is 0.699. The Morgan fingerprint density at radius 1 is 0.844 bits per heavy atom. The summed E-state index contributed by atoms with van der Waals surface area (Å²) in [5.74, 6) is -1.54. The van der Waals surface area contributed by atoms with Gasteiger partial charge in [0.2, 0.25) is 17.7 Å². The first-order valence-electron chi connectivity index (χ1n) is 21.1. The largest absolute Gasteiger partial charge is 0.483 e. The predicted molar refractivity (Wildman–Crippen MR) is 229 cm³/mol. The van der Waals surface area contributed by atoms with Crippen LogP contribution in [0.2, 0.25) is 0 Å². The normalized spacial score (nSPS) is 17.7. The molecule has 2 atom stereocenters. The third-order valence-corrected chi connectivity index (χ3v) is 10.6. The summed E-state index contributed by atoms with van der Waals surface area (Å²) in [7, 11) is 0. The third kappa shape index (κ3) is 10.8. The fourth-order valence-corrected chi connectivity index (χ4v) is 7.54. The van der Waals surface area contributed by atoms with Crippen LogP contribution in [0.4, 0.5) is 0 Å². The predicted octanol–water partition coefficient (Wildman–Crippen LogP) is 1.50. The monoisotopic (exact) mass is 881 g/mol.